The number of methoxy groups -OCH3 is 1. The Bertz CT molecular complexity index is 696. The van der Waals surface area contributed by atoms with Crippen molar-refractivity contribution in [3.05, 3.63) is 29.8 Å². The molecular weight excluding hydrogens is 348 g/mol. The summed E-state index contributed by atoms with van der Waals surface area (Å²) in [6, 6.07) is 7.39. The van der Waals surface area contributed by atoms with Gasteiger partial charge in [0.1, 0.15) is 5.75 Å². The molecule has 1 aromatic carbocycles. The van der Waals surface area contributed by atoms with Crippen LogP contribution in [0.5, 0.6) is 5.75 Å². The van der Waals surface area contributed by atoms with Crippen molar-refractivity contribution in [2.75, 3.05) is 32.5 Å². The number of hydrogen-bond donors (Lipinski definition) is 0. The van der Waals surface area contributed by atoms with Crippen molar-refractivity contribution in [3.63, 3.8) is 0 Å². The first-order valence-electron chi connectivity index (χ1n) is 9.52. The maximum absolute atomic E-state index is 13.1. The fraction of sp³-hybridized carbons (Fsp3) is 0.600. The van der Waals surface area contributed by atoms with Gasteiger partial charge in [0.2, 0.25) is 5.91 Å². The normalized spacial score (nSPS) is 22.3. The molecule has 2 heterocycles. The SMILES string of the molecule is COc1cccc(C(=O)N2CCSC23CCN(C(=O)C2CCC2)CC3)c1. The van der Waals surface area contributed by atoms with Crippen LogP contribution in [0.1, 0.15) is 42.5 Å². The zero-order chi connectivity index (χ0) is 18.1. The predicted octanol–water partition coefficient (Wildman–Crippen LogP) is 3.00. The van der Waals surface area contributed by atoms with Crippen molar-refractivity contribution in [3.8, 4) is 5.75 Å². The summed E-state index contributed by atoms with van der Waals surface area (Å²) in [6.45, 7) is 2.31. The van der Waals surface area contributed by atoms with Crippen LogP contribution in [0.2, 0.25) is 0 Å². The number of rotatable bonds is 3. The molecule has 1 aromatic rings. The molecule has 1 aliphatic carbocycles. The molecule has 1 saturated carbocycles. The highest BCUT2D eigenvalue weighted by Gasteiger charge is 2.47. The molecular formula is C20H26N2O3S. The van der Waals surface area contributed by atoms with Crippen LogP contribution in [0.4, 0.5) is 0 Å². The van der Waals surface area contributed by atoms with Gasteiger partial charge in [0.05, 0.1) is 12.0 Å². The summed E-state index contributed by atoms with van der Waals surface area (Å²) in [5, 5.41) is 0. The Morgan fingerprint density at radius 3 is 2.62 bits per heavy atom. The molecule has 2 amide bonds. The zero-order valence-corrected chi connectivity index (χ0v) is 16.1. The van der Waals surface area contributed by atoms with E-state index in [1.165, 1.54) is 6.42 Å². The van der Waals surface area contributed by atoms with E-state index in [2.05, 4.69) is 0 Å². The predicted molar refractivity (Wildman–Crippen MR) is 102 cm³/mol. The second-order valence-electron chi connectivity index (χ2n) is 7.44. The second kappa shape index (κ2) is 7.14. The van der Waals surface area contributed by atoms with Crippen molar-refractivity contribution in [1.29, 1.82) is 0 Å². The molecule has 140 valence electrons. The maximum Gasteiger partial charge on any atom is 0.255 e. The molecule has 2 aliphatic heterocycles. The number of carbonyl (C=O) groups excluding carboxylic acids is 2. The summed E-state index contributed by atoms with van der Waals surface area (Å²) in [4.78, 5) is 29.6. The van der Waals surface area contributed by atoms with E-state index in [1.807, 2.05) is 45.8 Å². The molecule has 26 heavy (non-hydrogen) atoms. The molecule has 0 aromatic heterocycles. The van der Waals surface area contributed by atoms with Crippen LogP contribution in [-0.2, 0) is 4.79 Å². The summed E-state index contributed by atoms with van der Waals surface area (Å²) < 4.78 is 5.26. The van der Waals surface area contributed by atoms with Gasteiger partial charge < -0.3 is 14.5 Å². The minimum atomic E-state index is -0.156. The van der Waals surface area contributed by atoms with E-state index in [0.717, 1.165) is 51.1 Å². The number of likely N-dealkylation sites (tertiary alicyclic amines) is 1. The van der Waals surface area contributed by atoms with E-state index >= 15 is 0 Å². The Morgan fingerprint density at radius 2 is 1.96 bits per heavy atom. The number of ether oxygens (including phenoxy) is 1. The highest BCUT2D eigenvalue weighted by molar-refractivity contribution is 8.00. The third kappa shape index (κ3) is 3.08. The molecule has 5 nitrogen and oxygen atoms in total. The minimum Gasteiger partial charge on any atom is -0.497 e. The first-order chi connectivity index (χ1) is 12.6. The molecule has 0 atom stereocenters. The Labute approximate surface area is 159 Å². The van der Waals surface area contributed by atoms with Crippen LogP contribution in [0.15, 0.2) is 24.3 Å². The third-order valence-electron chi connectivity index (χ3n) is 6.05. The molecule has 2 saturated heterocycles. The van der Waals surface area contributed by atoms with E-state index in [9.17, 15) is 9.59 Å². The highest BCUT2D eigenvalue weighted by atomic mass is 32.2. The number of benzene rings is 1. The lowest BCUT2D eigenvalue weighted by molar-refractivity contribution is -0.139. The van der Waals surface area contributed by atoms with Gasteiger partial charge in [-0.3, -0.25) is 9.59 Å². The van der Waals surface area contributed by atoms with E-state index in [-0.39, 0.29) is 16.7 Å². The Morgan fingerprint density at radius 1 is 1.19 bits per heavy atom. The fourth-order valence-corrected chi connectivity index (χ4v) is 5.67. The average Bonchev–Trinajstić information content (AvgIpc) is 3.03. The molecule has 4 rings (SSSR count). The van der Waals surface area contributed by atoms with Gasteiger partial charge in [-0.15, -0.1) is 11.8 Å². The van der Waals surface area contributed by atoms with Crippen LogP contribution < -0.4 is 4.74 Å². The van der Waals surface area contributed by atoms with Crippen LogP contribution >= 0.6 is 11.8 Å². The average molecular weight is 375 g/mol. The molecule has 0 N–H and O–H groups in total. The zero-order valence-electron chi connectivity index (χ0n) is 15.3. The summed E-state index contributed by atoms with van der Waals surface area (Å²) in [5.41, 5.74) is 0.680. The van der Waals surface area contributed by atoms with Gasteiger partial charge in [0, 0.05) is 36.9 Å². The maximum atomic E-state index is 13.1. The summed E-state index contributed by atoms with van der Waals surface area (Å²) in [6.07, 6.45) is 5.02. The molecule has 3 fully saturated rings. The van der Waals surface area contributed by atoms with E-state index in [4.69, 9.17) is 4.74 Å². The lowest BCUT2D eigenvalue weighted by Gasteiger charge is -2.45. The van der Waals surface area contributed by atoms with Gasteiger partial charge in [-0.1, -0.05) is 12.5 Å². The fourth-order valence-electron chi connectivity index (χ4n) is 4.21. The molecule has 3 aliphatic rings. The molecule has 0 bridgehead atoms. The van der Waals surface area contributed by atoms with Crippen molar-refractivity contribution in [2.45, 2.75) is 37.0 Å². The Hall–Kier alpha value is -1.69. The van der Waals surface area contributed by atoms with Gasteiger partial charge >= 0.3 is 0 Å². The lowest BCUT2D eigenvalue weighted by atomic mass is 9.84. The van der Waals surface area contributed by atoms with Gasteiger partial charge in [-0.25, -0.2) is 0 Å². The summed E-state index contributed by atoms with van der Waals surface area (Å²) >= 11 is 1.88. The topological polar surface area (TPSA) is 49.9 Å². The highest BCUT2D eigenvalue weighted by Crippen LogP contribution is 2.45. The van der Waals surface area contributed by atoms with E-state index in [1.54, 1.807) is 7.11 Å². The van der Waals surface area contributed by atoms with Gasteiger partial charge in [0.15, 0.2) is 0 Å². The van der Waals surface area contributed by atoms with Gasteiger partial charge in [0.25, 0.3) is 5.91 Å². The summed E-state index contributed by atoms with van der Waals surface area (Å²) in [7, 11) is 1.62. The van der Waals surface area contributed by atoms with Crippen LogP contribution in [-0.4, -0.2) is 59.0 Å². The standard InChI is InChI=1S/C20H26N2O3S/c1-25-17-7-3-6-16(14-17)19(24)22-12-13-26-20(22)8-10-21(11-9-20)18(23)15-4-2-5-15/h3,6-7,14-15H,2,4-5,8-13H2,1H3. The monoisotopic (exact) mass is 374 g/mol. The quantitative estimate of drug-likeness (QED) is 0.816. The number of amides is 2. The Balaban J connectivity index is 1.46. The minimum absolute atomic E-state index is 0.0765. The van der Waals surface area contributed by atoms with Crippen LogP contribution in [0.25, 0.3) is 0 Å². The van der Waals surface area contributed by atoms with Crippen molar-refractivity contribution in [1.82, 2.24) is 9.80 Å². The van der Waals surface area contributed by atoms with Gasteiger partial charge in [-0.2, -0.15) is 0 Å². The molecule has 0 radical (unpaired) electrons. The van der Waals surface area contributed by atoms with E-state index in [0.29, 0.717) is 17.2 Å². The number of hydrogen-bond acceptors (Lipinski definition) is 4. The number of carbonyl (C=O) groups is 2. The van der Waals surface area contributed by atoms with Crippen molar-refractivity contribution in [2.24, 2.45) is 5.92 Å². The van der Waals surface area contributed by atoms with Gasteiger partial charge in [-0.05, 0) is 43.9 Å². The largest absolute Gasteiger partial charge is 0.497 e. The number of thioether (sulfide) groups is 1. The molecule has 1 spiro atoms. The number of nitrogens with zero attached hydrogens (tertiary/aromatic N) is 2. The first-order valence-corrected chi connectivity index (χ1v) is 10.5. The van der Waals surface area contributed by atoms with Crippen LogP contribution in [0.3, 0.4) is 0 Å². The van der Waals surface area contributed by atoms with Crippen molar-refractivity contribution >= 4 is 23.6 Å². The lowest BCUT2D eigenvalue weighted by Crippen LogP contribution is -2.54. The number of piperidine rings is 1. The molecule has 0 unspecified atom stereocenters. The first kappa shape index (κ1) is 17.7. The molecule has 6 heteroatoms. The Kier molecular flexibility index (Phi) is 4.86. The van der Waals surface area contributed by atoms with E-state index < -0.39 is 0 Å². The van der Waals surface area contributed by atoms with Crippen molar-refractivity contribution < 1.29 is 14.3 Å². The third-order valence-corrected chi connectivity index (χ3v) is 7.60. The second-order valence-corrected chi connectivity index (χ2v) is 8.89. The van der Waals surface area contributed by atoms with Crippen LogP contribution in [0, 0.1) is 5.92 Å². The smallest absolute Gasteiger partial charge is 0.255 e. The summed E-state index contributed by atoms with van der Waals surface area (Å²) in [5.74, 6) is 2.34.